The van der Waals surface area contributed by atoms with Crippen LogP contribution in [0.4, 0.5) is 5.13 Å². The van der Waals surface area contributed by atoms with Crippen LogP contribution >= 0.6 is 46.1 Å². The van der Waals surface area contributed by atoms with E-state index in [1.807, 2.05) is 12.1 Å². The van der Waals surface area contributed by atoms with Gasteiger partial charge in [-0.05, 0) is 18.1 Å². The Morgan fingerprint density at radius 1 is 1.33 bits per heavy atom. The smallest absolute Gasteiger partial charge is 0.226 e. The Morgan fingerprint density at radius 3 is 2.90 bits per heavy atom. The molecule has 1 aromatic heterocycles. The third-order valence-corrected chi connectivity index (χ3v) is 4.77. The second-order valence-electron chi connectivity index (χ2n) is 4.36. The largest absolute Gasteiger partial charge is 0.302 e. The van der Waals surface area contributed by atoms with Crippen molar-refractivity contribution >= 4 is 57.2 Å². The fourth-order valence-electron chi connectivity index (χ4n) is 1.73. The van der Waals surface area contributed by atoms with Gasteiger partial charge in [0.2, 0.25) is 5.91 Å². The van der Waals surface area contributed by atoms with E-state index in [1.165, 1.54) is 11.3 Å². The number of alkyl halides is 1. The summed E-state index contributed by atoms with van der Waals surface area (Å²) in [6.07, 6.45) is 3.43. The molecule has 1 heterocycles. The molecule has 0 unspecified atom stereocenters. The molecule has 1 aromatic carbocycles. The Bertz CT molecular complexity index is 630. The summed E-state index contributed by atoms with van der Waals surface area (Å²) >= 11 is 19.1. The number of nitrogens with one attached hydrogen (secondary N) is 1. The molecule has 1 amide bonds. The van der Waals surface area contributed by atoms with E-state index in [0.29, 0.717) is 40.3 Å². The van der Waals surface area contributed by atoms with Crippen molar-refractivity contribution in [2.24, 2.45) is 0 Å². The van der Waals surface area contributed by atoms with E-state index < -0.39 is 0 Å². The summed E-state index contributed by atoms with van der Waals surface area (Å²) in [5, 5.41) is 4.44. The van der Waals surface area contributed by atoms with Crippen LogP contribution in [0.15, 0.2) is 24.4 Å². The number of anilines is 1. The number of hydrogen-bond donors (Lipinski definition) is 1. The number of amides is 1. The third-order valence-electron chi connectivity index (χ3n) is 2.73. The van der Waals surface area contributed by atoms with Crippen molar-refractivity contribution in [2.75, 3.05) is 11.2 Å². The Kier molecular flexibility index (Phi) is 6.30. The SMILES string of the molecule is O=C(CCCCl)Nc1ncc(Cc2cccc(Cl)c2Cl)s1. The molecule has 0 aliphatic heterocycles. The summed E-state index contributed by atoms with van der Waals surface area (Å²) in [6, 6.07) is 5.54. The Balaban J connectivity index is 2.00. The maximum absolute atomic E-state index is 11.6. The second kappa shape index (κ2) is 7.99. The number of carbonyl (C=O) groups excluding carboxylic acids is 1. The minimum absolute atomic E-state index is 0.0719. The van der Waals surface area contributed by atoms with Crippen molar-refractivity contribution in [3.63, 3.8) is 0 Å². The lowest BCUT2D eigenvalue weighted by Gasteiger charge is -2.03. The molecule has 0 fully saturated rings. The van der Waals surface area contributed by atoms with Crippen LogP contribution in [0.2, 0.25) is 10.0 Å². The molecular weight excluding hydrogens is 351 g/mol. The van der Waals surface area contributed by atoms with Crippen molar-refractivity contribution in [1.29, 1.82) is 0 Å². The molecule has 1 N–H and O–H groups in total. The van der Waals surface area contributed by atoms with Gasteiger partial charge in [-0.3, -0.25) is 4.79 Å². The second-order valence-corrected chi connectivity index (χ2v) is 6.64. The predicted molar refractivity (Wildman–Crippen MR) is 90.0 cm³/mol. The van der Waals surface area contributed by atoms with E-state index >= 15 is 0 Å². The van der Waals surface area contributed by atoms with Crippen LogP contribution in [0.5, 0.6) is 0 Å². The molecule has 0 saturated carbocycles. The standard InChI is InChI=1S/C14H13Cl3N2OS/c15-6-2-5-12(20)19-14-18-8-10(21-14)7-9-3-1-4-11(16)13(9)17/h1,3-4,8H,2,5-7H2,(H,18,19,20). The first kappa shape index (κ1) is 16.6. The number of nitrogens with zero attached hydrogens (tertiary/aromatic N) is 1. The van der Waals surface area contributed by atoms with Crippen LogP contribution in [0.3, 0.4) is 0 Å². The van der Waals surface area contributed by atoms with Crippen molar-refractivity contribution in [2.45, 2.75) is 19.3 Å². The zero-order valence-corrected chi connectivity index (χ0v) is 14.1. The van der Waals surface area contributed by atoms with E-state index in [0.717, 1.165) is 10.4 Å². The summed E-state index contributed by atoms with van der Waals surface area (Å²) in [5.74, 6) is 0.404. The van der Waals surface area contributed by atoms with Gasteiger partial charge in [0.05, 0.1) is 10.0 Å². The highest BCUT2D eigenvalue weighted by Gasteiger charge is 2.09. The molecule has 0 bridgehead atoms. The Morgan fingerprint density at radius 2 is 2.14 bits per heavy atom. The van der Waals surface area contributed by atoms with E-state index in [9.17, 15) is 4.79 Å². The topological polar surface area (TPSA) is 42.0 Å². The highest BCUT2D eigenvalue weighted by atomic mass is 35.5. The van der Waals surface area contributed by atoms with E-state index in [-0.39, 0.29) is 5.91 Å². The molecule has 0 aliphatic rings. The molecule has 2 aromatic rings. The summed E-state index contributed by atoms with van der Waals surface area (Å²) < 4.78 is 0. The molecule has 0 atom stereocenters. The summed E-state index contributed by atoms with van der Waals surface area (Å²) in [6.45, 7) is 0. The minimum Gasteiger partial charge on any atom is -0.302 e. The highest BCUT2D eigenvalue weighted by molar-refractivity contribution is 7.15. The fraction of sp³-hybridized carbons (Fsp3) is 0.286. The van der Waals surface area contributed by atoms with Gasteiger partial charge < -0.3 is 5.32 Å². The van der Waals surface area contributed by atoms with Crippen LogP contribution in [0.1, 0.15) is 23.3 Å². The zero-order valence-electron chi connectivity index (χ0n) is 11.0. The van der Waals surface area contributed by atoms with Gasteiger partial charge in [0.1, 0.15) is 0 Å². The number of rotatable bonds is 6. The van der Waals surface area contributed by atoms with Crippen molar-refractivity contribution in [3.05, 3.63) is 44.9 Å². The molecule has 7 heteroatoms. The van der Waals surface area contributed by atoms with Gasteiger partial charge >= 0.3 is 0 Å². The molecule has 0 aliphatic carbocycles. The lowest BCUT2D eigenvalue weighted by Crippen LogP contribution is -2.10. The van der Waals surface area contributed by atoms with Gasteiger partial charge in [-0.25, -0.2) is 4.98 Å². The molecule has 0 spiro atoms. The third kappa shape index (κ3) is 4.85. The van der Waals surface area contributed by atoms with E-state index in [1.54, 1.807) is 12.3 Å². The molecule has 0 saturated heterocycles. The number of carbonyl (C=O) groups is 1. The van der Waals surface area contributed by atoms with Crippen molar-refractivity contribution < 1.29 is 4.79 Å². The summed E-state index contributed by atoms with van der Waals surface area (Å²) in [7, 11) is 0. The minimum atomic E-state index is -0.0719. The normalized spacial score (nSPS) is 10.6. The number of thiazole rings is 1. The molecule has 21 heavy (non-hydrogen) atoms. The van der Waals surface area contributed by atoms with Gasteiger partial charge in [0.15, 0.2) is 5.13 Å². The van der Waals surface area contributed by atoms with Crippen molar-refractivity contribution in [3.8, 4) is 0 Å². The molecule has 0 radical (unpaired) electrons. The van der Waals surface area contributed by atoms with Gasteiger partial charge in [-0.1, -0.05) is 35.3 Å². The maximum atomic E-state index is 11.6. The number of benzene rings is 1. The lowest BCUT2D eigenvalue weighted by atomic mass is 10.1. The van der Waals surface area contributed by atoms with Crippen LogP contribution in [0.25, 0.3) is 0 Å². The van der Waals surface area contributed by atoms with Crippen molar-refractivity contribution in [1.82, 2.24) is 4.98 Å². The Labute approximate surface area is 142 Å². The van der Waals surface area contributed by atoms with Gasteiger partial charge in [-0.15, -0.1) is 22.9 Å². The van der Waals surface area contributed by atoms with Gasteiger partial charge in [-0.2, -0.15) is 0 Å². The average molecular weight is 364 g/mol. The molecule has 112 valence electrons. The maximum Gasteiger partial charge on any atom is 0.226 e. The summed E-state index contributed by atoms with van der Waals surface area (Å²) in [4.78, 5) is 16.8. The highest BCUT2D eigenvalue weighted by Crippen LogP contribution is 2.29. The first-order valence-corrected chi connectivity index (χ1v) is 8.44. The van der Waals surface area contributed by atoms with Crippen LogP contribution in [-0.2, 0) is 11.2 Å². The predicted octanol–water partition coefficient (Wildman–Crippen LogP) is 5.00. The summed E-state index contributed by atoms with van der Waals surface area (Å²) in [5.41, 5.74) is 0.938. The van der Waals surface area contributed by atoms with Crippen LogP contribution in [-0.4, -0.2) is 16.8 Å². The number of aromatic nitrogens is 1. The molecule has 3 nitrogen and oxygen atoms in total. The van der Waals surface area contributed by atoms with E-state index in [4.69, 9.17) is 34.8 Å². The lowest BCUT2D eigenvalue weighted by molar-refractivity contribution is -0.116. The number of hydrogen-bond acceptors (Lipinski definition) is 3. The zero-order chi connectivity index (χ0) is 15.2. The van der Waals surface area contributed by atoms with Crippen LogP contribution in [0, 0.1) is 0 Å². The fourth-order valence-corrected chi connectivity index (χ4v) is 3.10. The first-order valence-electron chi connectivity index (χ1n) is 6.33. The number of halogens is 3. The average Bonchev–Trinajstić information content (AvgIpc) is 2.89. The van der Waals surface area contributed by atoms with Gasteiger partial charge in [0, 0.05) is 29.8 Å². The first-order chi connectivity index (χ1) is 10.1. The van der Waals surface area contributed by atoms with Crippen LogP contribution < -0.4 is 5.32 Å². The Hall–Kier alpha value is -0.810. The molecular formula is C14H13Cl3N2OS. The molecule has 2 rings (SSSR count). The quantitative estimate of drug-likeness (QED) is 0.734. The van der Waals surface area contributed by atoms with Gasteiger partial charge in [0.25, 0.3) is 0 Å². The van der Waals surface area contributed by atoms with E-state index in [2.05, 4.69) is 10.3 Å². The monoisotopic (exact) mass is 362 g/mol.